The summed E-state index contributed by atoms with van der Waals surface area (Å²) in [6.45, 7) is 0.824. The summed E-state index contributed by atoms with van der Waals surface area (Å²) < 4.78 is 86.4. The molecule has 0 fully saturated rings. The number of hydrogen-bond acceptors (Lipinski definition) is 6. The number of halogens is 6. The lowest BCUT2D eigenvalue weighted by Crippen LogP contribution is -2.59. The van der Waals surface area contributed by atoms with E-state index in [9.17, 15) is 50.3 Å². The molecule has 216 valence electrons. The Bertz CT molecular complexity index is 1310. The van der Waals surface area contributed by atoms with E-state index >= 15 is 0 Å². The van der Waals surface area contributed by atoms with Gasteiger partial charge in [0.25, 0.3) is 0 Å². The predicted octanol–water partition coefficient (Wildman–Crippen LogP) is 2.35. The molecule has 0 aliphatic heterocycles. The van der Waals surface area contributed by atoms with Crippen LogP contribution in [-0.4, -0.2) is 52.8 Å². The topological polar surface area (TPSA) is 151 Å². The number of nitrogens with one attached hydrogen (secondary N) is 3. The number of aliphatic carboxylic acids is 1. The fourth-order valence-electron chi connectivity index (χ4n) is 3.03. The number of anilines is 1. The van der Waals surface area contributed by atoms with Gasteiger partial charge in [0.1, 0.15) is 29.5 Å². The van der Waals surface area contributed by atoms with Crippen LogP contribution in [0.5, 0.6) is 5.75 Å². The standard InChI is InChI=1S/C24H21F6N3O7/c1-24(2,33-22(38)21(37)32-19-10(25)4-3-5-11(19)26)23(39)31-14(6-7-16(35)36)15(34)9-40-20-17(29)12(27)8-13(28)18(20)30/h3-5,8,14H,6-7,9H2,1-2H3,(H,31,39)(H,32,37)(H,33,38)(H,35,36). The van der Waals surface area contributed by atoms with Gasteiger partial charge in [-0.3, -0.25) is 24.0 Å². The van der Waals surface area contributed by atoms with E-state index in [1.54, 1.807) is 5.32 Å². The van der Waals surface area contributed by atoms with E-state index in [2.05, 4.69) is 10.1 Å². The van der Waals surface area contributed by atoms with Crippen molar-refractivity contribution in [2.24, 2.45) is 0 Å². The number of rotatable bonds is 11. The Kier molecular flexibility index (Phi) is 10.2. The quantitative estimate of drug-likeness (QED) is 0.182. The Balaban J connectivity index is 2.13. The third kappa shape index (κ3) is 7.94. The van der Waals surface area contributed by atoms with Crippen LogP contribution in [0, 0.1) is 34.9 Å². The molecule has 16 heteroatoms. The van der Waals surface area contributed by atoms with Crippen molar-refractivity contribution in [1.82, 2.24) is 10.6 Å². The summed E-state index contributed by atoms with van der Waals surface area (Å²) in [4.78, 5) is 60.7. The summed E-state index contributed by atoms with van der Waals surface area (Å²) in [5.74, 6) is -18.4. The smallest absolute Gasteiger partial charge is 0.313 e. The van der Waals surface area contributed by atoms with E-state index in [4.69, 9.17) is 5.11 Å². The van der Waals surface area contributed by atoms with Gasteiger partial charge in [-0.2, -0.15) is 8.78 Å². The second-order valence-electron chi connectivity index (χ2n) is 8.64. The van der Waals surface area contributed by atoms with Gasteiger partial charge in [-0.25, -0.2) is 17.6 Å². The summed E-state index contributed by atoms with van der Waals surface area (Å²) in [5, 5.41) is 14.7. The maximum Gasteiger partial charge on any atom is 0.313 e. The Morgan fingerprint density at radius 3 is 1.98 bits per heavy atom. The van der Waals surface area contributed by atoms with E-state index in [1.165, 1.54) is 0 Å². The number of benzene rings is 2. The molecule has 0 aliphatic rings. The van der Waals surface area contributed by atoms with Crippen molar-refractivity contribution in [1.29, 1.82) is 0 Å². The maximum atomic E-state index is 13.8. The average Bonchev–Trinajstić information content (AvgIpc) is 2.86. The molecule has 1 unspecified atom stereocenters. The van der Waals surface area contributed by atoms with Crippen LogP contribution in [0.3, 0.4) is 0 Å². The number of carboxylic acid groups (broad SMARTS) is 1. The first-order valence-corrected chi connectivity index (χ1v) is 11.1. The zero-order valence-corrected chi connectivity index (χ0v) is 20.7. The molecule has 2 aromatic rings. The Hall–Kier alpha value is -4.63. The number of hydrogen-bond donors (Lipinski definition) is 4. The molecule has 4 N–H and O–H groups in total. The highest BCUT2D eigenvalue weighted by Gasteiger charge is 2.35. The number of carbonyl (C=O) groups is 5. The maximum absolute atomic E-state index is 13.8. The largest absolute Gasteiger partial charge is 0.481 e. The molecule has 0 heterocycles. The zero-order valence-electron chi connectivity index (χ0n) is 20.7. The van der Waals surface area contributed by atoms with E-state index in [1.807, 2.05) is 5.32 Å². The molecule has 40 heavy (non-hydrogen) atoms. The average molecular weight is 577 g/mol. The van der Waals surface area contributed by atoms with Crippen molar-refractivity contribution in [2.75, 3.05) is 11.9 Å². The Morgan fingerprint density at radius 1 is 0.900 bits per heavy atom. The van der Waals surface area contributed by atoms with Crippen LogP contribution in [0.1, 0.15) is 26.7 Å². The van der Waals surface area contributed by atoms with Gasteiger partial charge in [0.2, 0.25) is 17.5 Å². The minimum Gasteiger partial charge on any atom is -0.481 e. The van der Waals surface area contributed by atoms with Gasteiger partial charge >= 0.3 is 17.8 Å². The molecule has 3 amide bonds. The molecule has 2 rings (SSSR count). The van der Waals surface area contributed by atoms with Crippen molar-refractivity contribution < 1.29 is 60.2 Å². The van der Waals surface area contributed by atoms with E-state index in [0.29, 0.717) is 0 Å². The van der Waals surface area contributed by atoms with Crippen molar-refractivity contribution in [3.8, 4) is 5.75 Å². The van der Waals surface area contributed by atoms with Crippen LogP contribution >= 0.6 is 0 Å². The molecule has 0 aliphatic carbocycles. The first kappa shape index (κ1) is 31.6. The predicted molar refractivity (Wildman–Crippen MR) is 123 cm³/mol. The number of para-hydroxylation sites is 1. The number of Topliss-reactive ketones (excluding diaryl/α,β-unsaturated/α-hetero) is 1. The fourth-order valence-corrected chi connectivity index (χ4v) is 3.03. The Morgan fingerprint density at radius 2 is 1.45 bits per heavy atom. The number of ether oxygens (including phenoxy) is 1. The van der Waals surface area contributed by atoms with Crippen molar-refractivity contribution in [3.63, 3.8) is 0 Å². The summed E-state index contributed by atoms with van der Waals surface area (Å²) in [6.07, 6.45) is -1.31. The lowest BCUT2D eigenvalue weighted by atomic mass is 10.0. The molecular formula is C24H21F6N3O7. The molecular weight excluding hydrogens is 556 g/mol. The number of carbonyl (C=O) groups excluding carboxylic acids is 4. The normalized spacial score (nSPS) is 11.8. The van der Waals surface area contributed by atoms with Crippen molar-refractivity contribution >= 4 is 35.2 Å². The number of carboxylic acids is 1. The fraction of sp³-hybridized carbons (Fsp3) is 0.292. The van der Waals surface area contributed by atoms with Crippen LogP contribution in [0.25, 0.3) is 0 Å². The number of amides is 3. The van der Waals surface area contributed by atoms with Gasteiger partial charge < -0.3 is 25.8 Å². The van der Waals surface area contributed by atoms with Crippen molar-refractivity contribution in [3.05, 3.63) is 59.2 Å². The molecule has 0 bridgehead atoms. The van der Waals surface area contributed by atoms with Gasteiger partial charge in [-0.1, -0.05) is 6.07 Å². The van der Waals surface area contributed by atoms with Gasteiger partial charge in [0, 0.05) is 12.5 Å². The van der Waals surface area contributed by atoms with E-state index in [0.717, 1.165) is 32.0 Å². The highest BCUT2D eigenvalue weighted by molar-refractivity contribution is 6.40. The molecule has 0 aromatic heterocycles. The second kappa shape index (κ2) is 12.9. The first-order chi connectivity index (χ1) is 18.5. The lowest BCUT2D eigenvalue weighted by Gasteiger charge is -2.27. The molecule has 1 atom stereocenters. The third-order valence-electron chi connectivity index (χ3n) is 5.17. The lowest BCUT2D eigenvalue weighted by molar-refractivity contribution is -0.140. The summed E-state index contributed by atoms with van der Waals surface area (Å²) in [6, 6.07) is 0.799. The van der Waals surface area contributed by atoms with E-state index in [-0.39, 0.29) is 6.07 Å². The van der Waals surface area contributed by atoms with Crippen LogP contribution in [0.4, 0.5) is 32.0 Å². The van der Waals surface area contributed by atoms with Gasteiger partial charge in [-0.15, -0.1) is 0 Å². The highest BCUT2D eigenvalue weighted by Crippen LogP contribution is 2.26. The van der Waals surface area contributed by atoms with Crippen LogP contribution in [0.15, 0.2) is 24.3 Å². The summed E-state index contributed by atoms with van der Waals surface area (Å²) in [5.41, 5.74) is -2.94. The molecule has 0 spiro atoms. The van der Waals surface area contributed by atoms with Crippen LogP contribution < -0.4 is 20.7 Å². The minimum absolute atomic E-state index is 0.0985. The first-order valence-electron chi connectivity index (χ1n) is 11.1. The van der Waals surface area contributed by atoms with Gasteiger partial charge in [-0.05, 0) is 32.4 Å². The molecule has 0 radical (unpaired) electrons. The van der Waals surface area contributed by atoms with E-state index < -0.39 is 107 Å². The van der Waals surface area contributed by atoms with Crippen molar-refractivity contribution in [2.45, 2.75) is 38.3 Å². The summed E-state index contributed by atoms with van der Waals surface area (Å²) in [7, 11) is 0. The Labute approximate surface area is 221 Å². The zero-order chi connectivity index (χ0) is 30.4. The monoisotopic (exact) mass is 577 g/mol. The van der Waals surface area contributed by atoms with Crippen LogP contribution in [0.2, 0.25) is 0 Å². The third-order valence-corrected chi connectivity index (χ3v) is 5.17. The van der Waals surface area contributed by atoms with Crippen LogP contribution in [-0.2, 0) is 24.0 Å². The molecule has 0 saturated heterocycles. The minimum atomic E-state index is -2.01. The molecule has 10 nitrogen and oxygen atoms in total. The highest BCUT2D eigenvalue weighted by atomic mass is 19.2. The summed E-state index contributed by atoms with van der Waals surface area (Å²) >= 11 is 0. The van der Waals surface area contributed by atoms with Gasteiger partial charge in [0.15, 0.2) is 23.2 Å². The number of ketones is 1. The molecule has 0 saturated carbocycles. The van der Waals surface area contributed by atoms with Gasteiger partial charge in [0.05, 0.1) is 6.04 Å². The second-order valence-corrected chi connectivity index (χ2v) is 8.64. The molecule has 2 aromatic carbocycles. The SMILES string of the molecule is CC(C)(NC(=O)C(=O)Nc1c(F)cccc1F)C(=O)NC(CCC(=O)O)C(=O)COc1c(F)c(F)cc(F)c1F.